The van der Waals surface area contributed by atoms with E-state index in [-0.39, 0.29) is 17.7 Å². The normalized spacial score (nSPS) is 13.0. The van der Waals surface area contributed by atoms with Crippen molar-refractivity contribution < 1.29 is 19.1 Å². The number of carbonyl (C=O) groups is 3. The van der Waals surface area contributed by atoms with Crippen molar-refractivity contribution >= 4 is 23.6 Å². The van der Waals surface area contributed by atoms with Crippen LogP contribution in [0.2, 0.25) is 0 Å². The van der Waals surface area contributed by atoms with Gasteiger partial charge in [0, 0.05) is 12.2 Å². The van der Waals surface area contributed by atoms with E-state index in [4.69, 9.17) is 4.74 Å². The zero-order valence-electron chi connectivity index (χ0n) is 25.2. The van der Waals surface area contributed by atoms with Crippen LogP contribution in [-0.4, -0.2) is 41.0 Å². The van der Waals surface area contributed by atoms with E-state index < -0.39 is 23.8 Å². The minimum absolute atomic E-state index is 0.225. The molecule has 2 unspecified atom stereocenters. The number of unbranched alkanes of at least 4 members (excludes halogenated alkanes) is 2. The first-order chi connectivity index (χ1) is 18.2. The molecule has 2 atom stereocenters. The maximum Gasteiger partial charge on any atom is 0.408 e. The molecule has 0 saturated heterocycles. The fourth-order valence-corrected chi connectivity index (χ4v) is 4.44. The lowest BCUT2D eigenvalue weighted by Crippen LogP contribution is -2.54. The van der Waals surface area contributed by atoms with Crippen LogP contribution in [-0.2, 0) is 14.3 Å². The van der Waals surface area contributed by atoms with Gasteiger partial charge in [0.2, 0.25) is 5.91 Å². The average molecular weight is 538 g/mol. The van der Waals surface area contributed by atoms with Gasteiger partial charge in [-0.2, -0.15) is 0 Å². The summed E-state index contributed by atoms with van der Waals surface area (Å²) in [5.41, 5.74) is 3.61. The van der Waals surface area contributed by atoms with Gasteiger partial charge in [-0.1, -0.05) is 75.6 Å². The molecule has 0 aliphatic rings. The number of aryl methyl sites for hydroxylation is 3. The first kappa shape index (κ1) is 31.9. The van der Waals surface area contributed by atoms with Crippen molar-refractivity contribution in [3.63, 3.8) is 0 Å². The summed E-state index contributed by atoms with van der Waals surface area (Å²) in [5, 5.41) is 5.87. The molecule has 0 spiro atoms. The number of alkyl carbamates (subject to hydrolysis) is 1. The van der Waals surface area contributed by atoms with Gasteiger partial charge in [0.15, 0.2) is 0 Å². The van der Waals surface area contributed by atoms with Crippen LogP contribution in [0, 0.1) is 26.7 Å². The summed E-state index contributed by atoms with van der Waals surface area (Å²) in [6, 6.07) is 11.8. The SMILES string of the molecule is CCCCCN(C(=O)C(NC(=O)OC(C)(C)C)C(C)C)C(C(=O)Nc1ccccc1C)c1cc(C)ccc1C. The van der Waals surface area contributed by atoms with E-state index in [1.807, 2.05) is 77.1 Å². The summed E-state index contributed by atoms with van der Waals surface area (Å²) in [6.45, 7) is 17.4. The van der Waals surface area contributed by atoms with E-state index in [0.717, 1.165) is 41.5 Å². The van der Waals surface area contributed by atoms with Crippen molar-refractivity contribution in [1.82, 2.24) is 10.2 Å². The number of ether oxygens (including phenoxy) is 1. The van der Waals surface area contributed by atoms with Gasteiger partial charge in [-0.05, 0) is 76.6 Å². The Morgan fingerprint density at radius 3 is 2.21 bits per heavy atom. The van der Waals surface area contributed by atoms with Crippen molar-refractivity contribution in [3.05, 3.63) is 64.7 Å². The van der Waals surface area contributed by atoms with Gasteiger partial charge in [-0.15, -0.1) is 0 Å². The van der Waals surface area contributed by atoms with E-state index in [9.17, 15) is 14.4 Å². The molecular formula is C32H47N3O4. The molecule has 0 aromatic heterocycles. The van der Waals surface area contributed by atoms with E-state index >= 15 is 0 Å². The van der Waals surface area contributed by atoms with Gasteiger partial charge in [0.1, 0.15) is 17.7 Å². The molecule has 0 saturated carbocycles. The third-order valence-corrected chi connectivity index (χ3v) is 6.58. The van der Waals surface area contributed by atoms with E-state index in [1.54, 1.807) is 25.7 Å². The number of benzene rings is 2. The molecule has 3 amide bonds. The predicted octanol–water partition coefficient (Wildman–Crippen LogP) is 6.86. The molecule has 0 heterocycles. The molecule has 2 N–H and O–H groups in total. The van der Waals surface area contributed by atoms with E-state index in [1.165, 1.54) is 0 Å². The summed E-state index contributed by atoms with van der Waals surface area (Å²) in [5.74, 6) is -0.821. The van der Waals surface area contributed by atoms with Crippen LogP contribution in [0.25, 0.3) is 0 Å². The van der Waals surface area contributed by atoms with E-state index in [2.05, 4.69) is 17.6 Å². The Hall–Kier alpha value is -3.35. The maximum absolute atomic E-state index is 14.3. The van der Waals surface area contributed by atoms with Gasteiger partial charge < -0.3 is 20.3 Å². The van der Waals surface area contributed by atoms with Crippen molar-refractivity contribution in [2.75, 3.05) is 11.9 Å². The molecule has 2 rings (SSSR count). The summed E-state index contributed by atoms with van der Waals surface area (Å²) >= 11 is 0. The quantitative estimate of drug-likeness (QED) is 0.307. The zero-order valence-corrected chi connectivity index (χ0v) is 25.2. The van der Waals surface area contributed by atoms with Gasteiger partial charge in [0.25, 0.3) is 5.91 Å². The second kappa shape index (κ2) is 14.2. The predicted molar refractivity (Wildman–Crippen MR) is 158 cm³/mol. The number of rotatable bonds is 11. The standard InChI is InChI=1S/C32H47N3O4/c1-10-11-14-19-35(30(37)27(21(2)3)34-31(38)39-32(7,8)9)28(25-20-22(4)17-18-23(25)5)29(36)33-26-16-13-12-15-24(26)6/h12-13,15-18,20-21,27-28H,10-11,14,19H2,1-9H3,(H,33,36)(H,34,38). The van der Waals surface area contributed by atoms with Crippen molar-refractivity contribution in [2.45, 2.75) is 99.3 Å². The van der Waals surface area contributed by atoms with Crippen LogP contribution >= 0.6 is 0 Å². The summed E-state index contributed by atoms with van der Waals surface area (Å²) in [6.07, 6.45) is 1.96. The van der Waals surface area contributed by atoms with Crippen molar-refractivity contribution in [3.8, 4) is 0 Å². The molecule has 7 heteroatoms. The molecule has 0 aliphatic heterocycles. The van der Waals surface area contributed by atoms with Crippen LogP contribution in [0.1, 0.15) is 89.1 Å². The van der Waals surface area contributed by atoms with Crippen LogP contribution in [0.15, 0.2) is 42.5 Å². The number of anilines is 1. The van der Waals surface area contributed by atoms with Crippen LogP contribution in [0.4, 0.5) is 10.5 Å². The molecule has 2 aromatic rings. The highest BCUT2D eigenvalue weighted by Gasteiger charge is 2.38. The number of para-hydroxylation sites is 1. The van der Waals surface area contributed by atoms with Gasteiger partial charge in [-0.25, -0.2) is 4.79 Å². The summed E-state index contributed by atoms with van der Waals surface area (Å²) in [4.78, 5) is 42.8. The lowest BCUT2D eigenvalue weighted by Gasteiger charge is -2.36. The molecule has 7 nitrogen and oxygen atoms in total. The molecule has 0 radical (unpaired) electrons. The molecule has 39 heavy (non-hydrogen) atoms. The first-order valence-electron chi connectivity index (χ1n) is 14.0. The Morgan fingerprint density at radius 2 is 1.62 bits per heavy atom. The largest absolute Gasteiger partial charge is 0.444 e. The average Bonchev–Trinajstić information content (AvgIpc) is 2.83. The maximum atomic E-state index is 14.3. The van der Waals surface area contributed by atoms with Gasteiger partial charge >= 0.3 is 6.09 Å². The summed E-state index contributed by atoms with van der Waals surface area (Å²) < 4.78 is 5.47. The molecule has 214 valence electrons. The number of nitrogens with zero attached hydrogens (tertiary/aromatic N) is 1. The Kier molecular flexibility index (Phi) is 11.6. The Morgan fingerprint density at radius 1 is 0.949 bits per heavy atom. The topological polar surface area (TPSA) is 87.7 Å². The Balaban J connectivity index is 2.59. The molecular weight excluding hydrogens is 490 g/mol. The van der Waals surface area contributed by atoms with E-state index in [0.29, 0.717) is 12.2 Å². The highest BCUT2D eigenvalue weighted by atomic mass is 16.6. The monoisotopic (exact) mass is 537 g/mol. The Bertz CT molecular complexity index is 1140. The highest BCUT2D eigenvalue weighted by molar-refractivity contribution is 5.99. The number of amides is 3. The second-order valence-corrected chi connectivity index (χ2v) is 11.7. The lowest BCUT2D eigenvalue weighted by molar-refractivity contribution is -0.141. The first-order valence-corrected chi connectivity index (χ1v) is 14.0. The minimum Gasteiger partial charge on any atom is -0.444 e. The van der Waals surface area contributed by atoms with Gasteiger partial charge in [-0.3, -0.25) is 9.59 Å². The molecule has 0 fully saturated rings. The fourth-order valence-electron chi connectivity index (χ4n) is 4.44. The second-order valence-electron chi connectivity index (χ2n) is 11.7. The third kappa shape index (κ3) is 9.41. The lowest BCUT2D eigenvalue weighted by atomic mass is 9.94. The zero-order chi connectivity index (χ0) is 29.3. The minimum atomic E-state index is -0.879. The molecule has 0 aliphatic carbocycles. The third-order valence-electron chi connectivity index (χ3n) is 6.58. The Labute approximate surface area is 234 Å². The number of carbonyl (C=O) groups excluding carboxylic acids is 3. The van der Waals surface area contributed by atoms with Crippen molar-refractivity contribution in [2.24, 2.45) is 5.92 Å². The fraction of sp³-hybridized carbons (Fsp3) is 0.531. The summed E-state index contributed by atoms with van der Waals surface area (Å²) in [7, 11) is 0. The number of nitrogens with one attached hydrogen (secondary N) is 2. The smallest absolute Gasteiger partial charge is 0.408 e. The van der Waals surface area contributed by atoms with Crippen LogP contribution in [0.5, 0.6) is 0 Å². The number of hydrogen-bond donors (Lipinski definition) is 2. The van der Waals surface area contributed by atoms with Gasteiger partial charge in [0.05, 0.1) is 0 Å². The van der Waals surface area contributed by atoms with Crippen LogP contribution < -0.4 is 10.6 Å². The highest BCUT2D eigenvalue weighted by Crippen LogP contribution is 2.29. The number of hydrogen-bond acceptors (Lipinski definition) is 4. The molecule has 2 aromatic carbocycles. The molecule has 0 bridgehead atoms. The van der Waals surface area contributed by atoms with Crippen LogP contribution in [0.3, 0.4) is 0 Å². The van der Waals surface area contributed by atoms with Crippen molar-refractivity contribution in [1.29, 1.82) is 0 Å².